The van der Waals surface area contributed by atoms with Crippen LogP contribution in [0, 0.1) is 4.77 Å². The molecule has 0 aliphatic rings. The summed E-state index contributed by atoms with van der Waals surface area (Å²) in [5, 5.41) is 6.06. The van der Waals surface area contributed by atoms with Crippen molar-refractivity contribution in [3.63, 3.8) is 0 Å². The molecule has 0 spiro atoms. The van der Waals surface area contributed by atoms with Crippen molar-refractivity contribution in [3.8, 4) is 10.7 Å². The zero-order valence-electron chi connectivity index (χ0n) is 9.63. The van der Waals surface area contributed by atoms with Gasteiger partial charge in [0, 0.05) is 6.20 Å². The van der Waals surface area contributed by atoms with Crippen molar-refractivity contribution < 1.29 is 8.42 Å². The number of nitrogens with zero attached hydrogens (tertiary/aromatic N) is 2. The number of aromatic amines is 2. The van der Waals surface area contributed by atoms with Crippen LogP contribution in [0.25, 0.3) is 10.7 Å². The highest BCUT2D eigenvalue weighted by atomic mass is 32.2. The molecule has 0 aliphatic heterocycles. The summed E-state index contributed by atoms with van der Waals surface area (Å²) in [5.41, 5.74) is 0. The zero-order valence-corrected chi connectivity index (χ0v) is 12.1. The summed E-state index contributed by atoms with van der Waals surface area (Å²) in [6.07, 6.45) is 2.22. The second-order valence-corrected chi connectivity index (χ2v) is 7.41. The number of rotatable bonds is 5. The molecule has 98 valence electrons. The van der Waals surface area contributed by atoms with Gasteiger partial charge in [0.05, 0.1) is 10.6 Å². The van der Waals surface area contributed by atoms with Crippen molar-refractivity contribution in [2.24, 2.45) is 0 Å². The Morgan fingerprint density at radius 2 is 2.22 bits per heavy atom. The number of hydrogen-bond donors (Lipinski definition) is 2. The molecule has 0 radical (unpaired) electrons. The molecule has 0 bridgehead atoms. The molecular weight excluding hydrogens is 292 g/mol. The number of nitrogens with one attached hydrogen (secondary N) is 2. The van der Waals surface area contributed by atoms with Crippen LogP contribution >= 0.6 is 23.6 Å². The summed E-state index contributed by atoms with van der Waals surface area (Å²) in [6, 6.07) is 0. The molecule has 0 saturated heterocycles. The van der Waals surface area contributed by atoms with Crippen molar-refractivity contribution in [2.75, 3.05) is 5.75 Å². The number of sulfone groups is 1. The van der Waals surface area contributed by atoms with Gasteiger partial charge in [-0.1, -0.05) is 6.92 Å². The van der Waals surface area contributed by atoms with Gasteiger partial charge in [0.2, 0.25) is 4.77 Å². The number of thiazole rings is 1. The Hall–Kier alpha value is -1.06. The number of hydrogen-bond acceptors (Lipinski definition) is 6. The number of aromatic nitrogens is 4. The maximum atomic E-state index is 11.7. The molecule has 2 rings (SSSR count). The molecule has 2 N–H and O–H groups in total. The van der Waals surface area contributed by atoms with Gasteiger partial charge in [0.25, 0.3) is 0 Å². The lowest BCUT2D eigenvalue weighted by Gasteiger charge is -1.98. The first-order valence-electron chi connectivity index (χ1n) is 5.30. The largest absolute Gasteiger partial charge is 0.281 e. The summed E-state index contributed by atoms with van der Waals surface area (Å²) >= 11 is 6.15. The van der Waals surface area contributed by atoms with E-state index in [4.69, 9.17) is 12.2 Å². The van der Waals surface area contributed by atoms with Gasteiger partial charge >= 0.3 is 0 Å². The van der Waals surface area contributed by atoms with Gasteiger partial charge in [-0.25, -0.2) is 13.4 Å². The van der Waals surface area contributed by atoms with E-state index >= 15 is 0 Å². The highest BCUT2D eigenvalue weighted by Crippen LogP contribution is 2.23. The molecule has 6 nitrogen and oxygen atoms in total. The Bertz CT molecular complexity index is 682. The van der Waals surface area contributed by atoms with Gasteiger partial charge in [-0.05, 0) is 18.6 Å². The van der Waals surface area contributed by atoms with E-state index in [0.29, 0.717) is 22.0 Å². The van der Waals surface area contributed by atoms with Crippen LogP contribution in [0.3, 0.4) is 0 Å². The van der Waals surface area contributed by atoms with E-state index in [0.717, 1.165) is 4.88 Å². The molecule has 0 amide bonds. The molecule has 2 aromatic rings. The molecule has 0 saturated carbocycles. The van der Waals surface area contributed by atoms with Gasteiger partial charge in [-0.3, -0.25) is 10.2 Å². The first-order valence-corrected chi connectivity index (χ1v) is 8.35. The van der Waals surface area contributed by atoms with Gasteiger partial charge in [-0.2, -0.15) is 4.98 Å². The predicted molar refractivity (Wildman–Crippen MR) is 72.7 cm³/mol. The van der Waals surface area contributed by atoms with E-state index in [1.165, 1.54) is 11.3 Å². The molecule has 18 heavy (non-hydrogen) atoms. The quantitative estimate of drug-likeness (QED) is 0.823. The van der Waals surface area contributed by atoms with Crippen LogP contribution in [-0.2, 0) is 15.6 Å². The Morgan fingerprint density at radius 3 is 2.83 bits per heavy atom. The molecule has 0 aromatic carbocycles. The van der Waals surface area contributed by atoms with E-state index in [9.17, 15) is 8.42 Å². The van der Waals surface area contributed by atoms with E-state index in [2.05, 4.69) is 20.2 Å². The number of H-pyrrole nitrogens is 2. The molecule has 9 heteroatoms. The first-order chi connectivity index (χ1) is 8.50. The average molecular weight is 304 g/mol. The van der Waals surface area contributed by atoms with Crippen LogP contribution in [0.5, 0.6) is 0 Å². The van der Waals surface area contributed by atoms with Crippen LogP contribution < -0.4 is 0 Å². The monoisotopic (exact) mass is 304 g/mol. The smallest absolute Gasteiger partial charge is 0.213 e. The van der Waals surface area contributed by atoms with Crippen LogP contribution in [0.4, 0.5) is 0 Å². The maximum Gasteiger partial charge on any atom is 0.213 e. The molecule has 2 aromatic heterocycles. The summed E-state index contributed by atoms with van der Waals surface area (Å²) < 4.78 is 23.7. The second kappa shape index (κ2) is 5.29. The topological polar surface area (TPSA) is 91.5 Å². The first kappa shape index (κ1) is 13.4. The lowest BCUT2D eigenvalue weighted by Crippen LogP contribution is -2.08. The van der Waals surface area contributed by atoms with E-state index < -0.39 is 9.84 Å². The predicted octanol–water partition coefficient (Wildman–Crippen LogP) is 1.92. The summed E-state index contributed by atoms with van der Waals surface area (Å²) in [4.78, 5) is 8.92. The summed E-state index contributed by atoms with van der Waals surface area (Å²) in [7, 11) is -3.06. The maximum absolute atomic E-state index is 11.7. The van der Waals surface area contributed by atoms with Crippen LogP contribution in [-0.4, -0.2) is 34.3 Å². The third-order valence-corrected chi connectivity index (χ3v) is 5.27. The standard InChI is InChI=1S/C9H12N4O2S3/c1-2-3-18(14,15)5-7-10-4-6(17-7)8-11-9(16)13-12-8/h4H,2-3,5H2,1H3,(H2,11,12,13,16). The van der Waals surface area contributed by atoms with Crippen molar-refractivity contribution >= 4 is 33.4 Å². The SMILES string of the molecule is CCCS(=O)(=O)Cc1ncc(-c2nc(=S)[nH][nH]2)s1. The molecule has 0 aliphatic carbocycles. The van der Waals surface area contributed by atoms with Crippen LogP contribution in [0.15, 0.2) is 6.20 Å². The molecular formula is C9H12N4O2S3. The Morgan fingerprint density at radius 1 is 1.44 bits per heavy atom. The molecule has 0 atom stereocenters. The second-order valence-electron chi connectivity index (χ2n) is 3.73. The fourth-order valence-electron chi connectivity index (χ4n) is 1.44. The Balaban J connectivity index is 2.19. The van der Waals surface area contributed by atoms with Gasteiger partial charge < -0.3 is 0 Å². The third-order valence-electron chi connectivity index (χ3n) is 2.15. The van der Waals surface area contributed by atoms with E-state index in [-0.39, 0.29) is 11.5 Å². The Labute approximate surface area is 113 Å². The van der Waals surface area contributed by atoms with Gasteiger partial charge in [0.15, 0.2) is 15.7 Å². The zero-order chi connectivity index (χ0) is 13.2. The van der Waals surface area contributed by atoms with Crippen LogP contribution in [0.1, 0.15) is 18.4 Å². The van der Waals surface area contributed by atoms with Crippen molar-refractivity contribution in [3.05, 3.63) is 16.0 Å². The highest BCUT2D eigenvalue weighted by Gasteiger charge is 2.15. The summed E-state index contributed by atoms with van der Waals surface area (Å²) in [5.74, 6) is 0.750. The van der Waals surface area contributed by atoms with Crippen molar-refractivity contribution in [2.45, 2.75) is 19.1 Å². The molecule has 0 unspecified atom stereocenters. The fraction of sp³-hybridized carbons (Fsp3) is 0.444. The van der Waals surface area contributed by atoms with Gasteiger partial charge in [0.1, 0.15) is 10.8 Å². The normalized spacial score (nSPS) is 11.8. The van der Waals surface area contributed by atoms with Crippen molar-refractivity contribution in [1.29, 1.82) is 0 Å². The van der Waals surface area contributed by atoms with Gasteiger partial charge in [-0.15, -0.1) is 11.3 Å². The average Bonchev–Trinajstić information content (AvgIpc) is 2.86. The van der Waals surface area contributed by atoms with Crippen molar-refractivity contribution in [1.82, 2.24) is 20.2 Å². The summed E-state index contributed by atoms with van der Waals surface area (Å²) in [6.45, 7) is 1.84. The molecule has 0 fully saturated rings. The third kappa shape index (κ3) is 3.24. The Kier molecular flexibility index (Phi) is 3.93. The van der Waals surface area contributed by atoms with E-state index in [1.807, 2.05) is 6.92 Å². The minimum atomic E-state index is -3.06. The highest BCUT2D eigenvalue weighted by molar-refractivity contribution is 7.90. The lowest BCUT2D eigenvalue weighted by atomic mass is 10.5. The fourth-order valence-corrected chi connectivity index (χ4v) is 4.24. The molecule has 2 heterocycles. The minimum absolute atomic E-state index is 0.0172. The van der Waals surface area contributed by atoms with Crippen LogP contribution in [0.2, 0.25) is 0 Å². The minimum Gasteiger partial charge on any atom is -0.281 e. The lowest BCUT2D eigenvalue weighted by molar-refractivity contribution is 0.594. The van der Waals surface area contributed by atoms with E-state index in [1.54, 1.807) is 6.20 Å².